The van der Waals surface area contributed by atoms with Gasteiger partial charge in [0, 0.05) is 31.7 Å². The van der Waals surface area contributed by atoms with Gasteiger partial charge >= 0.3 is 6.61 Å². The number of nitriles is 1. The molecule has 2 aromatic carbocycles. The summed E-state index contributed by atoms with van der Waals surface area (Å²) in [7, 11) is 0. The van der Waals surface area contributed by atoms with E-state index in [1.54, 1.807) is 24.3 Å². The van der Waals surface area contributed by atoms with Crippen molar-refractivity contribution in [1.82, 2.24) is 4.90 Å². The number of nitrogens with zero attached hydrogens (tertiary/aromatic N) is 3. The van der Waals surface area contributed by atoms with Crippen LogP contribution in [0.15, 0.2) is 54.1 Å². The Morgan fingerprint density at radius 2 is 1.72 bits per heavy atom. The van der Waals surface area contributed by atoms with Crippen LogP contribution in [0.4, 0.5) is 18.9 Å². The quantitative estimate of drug-likeness (QED) is 0.567. The minimum atomic E-state index is -3.02. The molecule has 2 aromatic rings. The summed E-state index contributed by atoms with van der Waals surface area (Å²) in [5.74, 6) is -0.958. The molecule has 0 atom stereocenters. The second kappa shape index (κ2) is 9.15. The Kier molecular flexibility index (Phi) is 6.39. The van der Waals surface area contributed by atoms with E-state index in [-0.39, 0.29) is 22.7 Å². The number of piperazine rings is 1. The number of halogens is 3. The number of para-hydroxylation sites is 2. The van der Waals surface area contributed by atoms with Crippen LogP contribution in [0.25, 0.3) is 6.08 Å². The highest BCUT2D eigenvalue weighted by Crippen LogP contribution is 2.24. The number of hydrogen-bond acceptors (Lipinski definition) is 4. The Morgan fingerprint density at radius 1 is 1.07 bits per heavy atom. The fourth-order valence-corrected chi connectivity index (χ4v) is 3.13. The second-order valence-electron chi connectivity index (χ2n) is 6.32. The number of ether oxygens (including phenoxy) is 1. The average Bonchev–Trinajstić information content (AvgIpc) is 2.73. The number of carbonyl (C=O) groups excluding carboxylic acids is 1. The number of alkyl halides is 2. The molecule has 0 saturated carbocycles. The maximum absolute atomic E-state index is 13.9. The van der Waals surface area contributed by atoms with Gasteiger partial charge in [0.05, 0.1) is 5.69 Å². The molecule has 1 aliphatic heterocycles. The summed E-state index contributed by atoms with van der Waals surface area (Å²) in [6.07, 6.45) is 1.24. The van der Waals surface area contributed by atoms with Gasteiger partial charge in [0.1, 0.15) is 23.2 Å². The van der Waals surface area contributed by atoms with E-state index in [9.17, 15) is 23.2 Å². The summed E-state index contributed by atoms with van der Waals surface area (Å²) in [5.41, 5.74) is 0.492. The van der Waals surface area contributed by atoms with Crippen LogP contribution in [0.2, 0.25) is 0 Å². The average molecular weight is 401 g/mol. The van der Waals surface area contributed by atoms with E-state index in [0.29, 0.717) is 31.9 Å². The van der Waals surface area contributed by atoms with E-state index >= 15 is 0 Å². The molecule has 150 valence electrons. The molecule has 1 saturated heterocycles. The molecule has 0 radical (unpaired) electrons. The number of hydrogen-bond donors (Lipinski definition) is 0. The smallest absolute Gasteiger partial charge is 0.387 e. The van der Waals surface area contributed by atoms with Crippen molar-refractivity contribution < 1.29 is 22.7 Å². The summed E-state index contributed by atoms with van der Waals surface area (Å²) < 4.78 is 43.5. The van der Waals surface area contributed by atoms with Gasteiger partial charge in [-0.3, -0.25) is 4.79 Å². The Bertz CT molecular complexity index is 948. The predicted molar refractivity (Wildman–Crippen MR) is 102 cm³/mol. The van der Waals surface area contributed by atoms with Crippen LogP contribution >= 0.6 is 0 Å². The molecule has 1 aliphatic rings. The van der Waals surface area contributed by atoms with E-state index < -0.39 is 12.5 Å². The van der Waals surface area contributed by atoms with Crippen molar-refractivity contribution in [2.24, 2.45) is 0 Å². The third-order valence-corrected chi connectivity index (χ3v) is 4.55. The lowest BCUT2D eigenvalue weighted by molar-refractivity contribution is -0.126. The topological polar surface area (TPSA) is 56.6 Å². The lowest BCUT2D eigenvalue weighted by Crippen LogP contribution is -2.49. The number of benzene rings is 2. The Labute approximate surface area is 166 Å². The maximum Gasteiger partial charge on any atom is 0.387 e. The molecule has 5 nitrogen and oxygen atoms in total. The number of rotatable bonds is 5. The molecular weight excluding hydrogens is 383 g/mol. The first-order valence-electron chi connectivity index (χ1n) is 8.94. The minimum Gasteiger partial charge on any atom is -0.434 e. The Morgan fingerprint density at radius 3 is 2.38 bits per heavy atom. The van der Waals surface area contributed by atoms with Gasteiger partial charge in [-0.05, 0) is 24.3 Å². The highest BCUT2D eigenvalue weighted by atomic mass is 19.3. The Hall–Kier alpha value is -3.47. The zero-order chi connectivity index (χ0) is 20.8. The molecule has 0 bridgehead atoms. The SMILES string of the molecule is N#C/C(=C\c1ccccc1OC(F)F)C(=O)N1CCN(c2ccccc2F)CC1. The standard InChI is InChI=1S/C21H18F3N3O2/c22-17-6-2-3-7-18(17)26-9-11-27(12-10-26)20(28)16(14-25)13-15-5-1-4-8-19(15)29-21(23)24/h1-8,13,21H,9-12H2/b16-13+. The monoisotopic (exact) mass is 401 g/mol. The predicted octanol–water partition coefficient (Wildman–Crippen LogP) is 3.68. The highest BCUT2D eigenvalue weighted by molar-refractivity contribution is 6.02. The molecule has 0 unspecified atom stereocenters. The van der Waals surface area contributed by atoms with Crippen molar-refractivity contribution in [3.63, 3.8) is 0 Å². The molecule has 0 aromatic heterocycles. The van der Waals surface area contributed by atoms with Gasteiger partial charge in [-0.2, -0.15) is 14.0 Å². The van der Waals surface area contributed by atoms with Gasteiger partial charge in [-0.15, -0.1) is 0 Å². The first kappa shape index (κ1) is 20.3. The molecule has 1 amide bonds. The normalized spacial score (nSPS) is 14.7. The molecule has 0 spiro atoms. The van der Waals surface area contributed by atoms with Crippen molar-refractivity contribution in [2.45, 2.75) is 6.61 Å². The largest absolute Gasteiger partial charge is 0.434 e. The molecular formula is C21H18F3N3O2. The fourth-order valence-electron chi connectivity index (χ4n) is 3.13. The fraction of sp³-hybridized carbons (Fsp3) is 0.238. The summed E-state index contributed by atoms with van der Waals surface area (Å²) in [4.78, 5) is 16.1. The van der Waals surface area contributed by atoms with Crippen molar-refractivity contribution in [3.05, 3.63) is 65.5 Å². The van der Waals surface area contributed by atoms with E-state index in [2.05, 4.69) is 4.74 Å². The lowest BCUT2D eigenvalue weighted by Gasteiger charge is -2.36. The van der Waals surface area contributed by atoms with Gasteiger partial charge in [0.25, 0.3) is 5.91 Å². The van der Waals surface area contributed by atoms with Crippen molar-refractivity contribution in [3.8, 4) is 11.8 Å². The van der Waals surface area contributed by atoms with Crippen molar-refractivity contribution in [2.75, 3.05) is 31.1 Å². The van der Waals surface area contributed by atoms with Gasteiger partial charge in [0.2, 0.25) is 0 Å². The van der Waals surface area contributed by atoms with Crippen LogP contribution in [0.1, 0.15) is 5.56 Å². The zero-order valence-corrected chi connectivity index (χ0v) is 15.4. The van der Waals surface area contributed by atoms with Crippen LogP contribution in [0.5, 0.6) is 5.75 Å². The highest BCUT2D eigenvalue weighted by Gasteiger charge is 2.25. The van der Waals surface area contributed by atoms with Crippen LogP contribution in [-0.4, -0.2) is 43.6 Å². The van der Waals surface area contributed by atoms with Crippen LogP contribution in [0, 0.1) is 17.1 Å². The van der Waals surface area contributed by atoms with Gasteiger partial charge in [-0.25, -0.2) is 4.39 Å². The van der Waals surface area contributed by atoms with Crippen LogP contribution in [0.3, 0.4) is 0 Å². The first-order chi connectivity index (χ1) is 14.0. The third-order valence-electron chi connectivity index (χ3n) is 4.55. The van der Waals surface area contributed by atoms with E-state index in [0.717, 1.165) is 0 Å². The third kappa shape index (κ3) is 4.88. The first-order valence-corrected chi connectivity index (χ1v) is 8.94. The zero-order valence-electron chi connectivity index (χ0n) is 15.4. The summed E-state index contributed by atoms with van der Waals surface area (Å²) in [6.45, 7) is -1.58. The molecule has 29 heavy (non-hydrogen) atoms. The molecule has 1 fully saturated rings. The molecule has 0 aliphatic carbocycles. The molecule has 8 heteroatoms. The maximum atomic E-state index is 13.9. The van der Waals surface area contributed by atoms with E-state index in [1.165, 1.54) is 35.2 Å². The minimum absolute atomic E-state index is 0.118. The van der Waals surface area contributed by atoms with E-state index in [4.69, 9.17) is 0 Å². The van der Waals surface area contributed by atoms with Crippen molar-refractivity contribution in [1.29, 1.82) is 5.26 Å². The Balaban J connectivity index is 1.72. The molecule has 1 heterocycles. The van der Waals surface area contributed by atoms with Crippen LogP contribution < -0.4 is 9.64 Å². The van der Waals surface area contributed by atoms with Gasteiger partial charge < -0.3 is 14.5 Å². The molecule has 3 rings (SSSR count). The van der Waals surface area contributed by atoms with Gasteiger partial charge in [-0.1, -0.05) is 30.3 Å². The van der Waals surface area contributed by atoms with Crippen LogP contribution in [-0.2, 0) is 4.79 Å². The number of carbonyl (C=O) groups is 1. The molecule has 0 N–H and O–H groups in total. The van der Waals surface area contributed by atoms with Gasteiger partial charge in [0.15, 0.2) is 0 Å². The van der Waals surface area contributed by atoms with E-state index in [1.807, 2.05) is 11.0 Å². The number of anilines is 1. The summed E-state index contributed by atoms with van der Waals surface area (Å²) in [5, 5.41) is 9.41. The summed E-state index contributed by atoms with van der Waals surface area (Å²) >= 11 is 0. The second-order valence-corrected chi connectivity index (χ2v) is 6.32. The summed E-state index contributed by atoms with van der Waals surface area (Å²) in [6, 6.07) is 14.2. The lowest BCUT2D eigenvalue weighted by atomic mass is 10.1. The van der Waals surface area contributed by atoms with Crippen molar-refractivity contribution >= 4 is 17.7 Å². The number of amides is 1.